The molecule has 6 N–H and O–H groups in total. The molecular formula is C10H18N2NiO6. The minimum atomic E-state index is -1.07. The summed E-state index contributed by atoms with van der Waals surface area (Å²) in [7, 11) is 0. The molecule has 0 aliphatic carbocycles. The molecule has 0 bridgehead atoms. The van der Waals surface area contributed by atoms with Gasteiger partial charge in [-0.25, -0.2) is 0 Å². The van der Waals surface area contributed by atoms with Crippen LogP contribution in [-0.4, -0.2) is 45.3 Å². The molecule has 0 saturated heterocycles. The predicted octanol–water partition coefficient (Wildman–Crippen LogP) is -0.498. The molecule has 0 fully saturated rings. The number of rotatable bonds is 11. The Morgan fingerprint density at radius 3 is 2.21 bits per heavy atom. The van der Waals surface area contributed by atoms with E-state index in [-0.39, 0.29) is 18.2 Å². The second-order valence-corrected chi connectivity index (χ2v) is 4.87. The summed E-state index contributed by atoms with van der Waals surface area (Å²) < 4.78 is 2.57. The molecule has 0 spiro atoms. The summed E-state index contributed by atoms with van der Waals surface area (Å²) in [4.78, 5) is 31.5. The van der Waals surface area contributed by atoms with Crippen LogP contribution >= 0.6 is 0 Å². The molecule has 0 aromatic carbocycles. The number of nitrogens with two attached hydrogens (primary N) is 1. The standard InChI is InChI=1S/C8H15N2O4.C2H3O2.Ni/c9-5(4-7(11)12)2-1-3-6(10)8(13)14;1-2(3)4;/h5-6,10H,1-4,9H2,(H,11,12)(H,13,14);1H2,(H,3,4);/q-1;;+1. The van der Waals surface area contributed by atoms with Crippen molar-refractivity contribution in [3.8, 4) is 0 Å². The molecule has 2 unspecified atom stereocenters. The first-order chi connectivity index (χ1) is 8.82. The van der Waals surface area contributed by atoms with Crippen LogP contribution in [0.25, 0.3) is 0 Å². The first-order valence-corrected chi connectivity index (χ1v) is 6.70. The van der Waals surface area contributed by atoms with Crippen LogP contribution in [0.5, 0.6) is 0 Å². The van der Waals surface area contributed by atoms with Crippen molar-refractivity contribution in [3.05, 3.63) is 0 Å². The van der Waals surface area contributed by atoms with Crippen molar-refractivity contribution in [1.82, 2.24) is 4.40 Å². The van der Waals surface area contributed by atoms with Gasteiger partial charge in [-0.3, -0.25) is 0 Å². The second-order valence-electron chi connectivity index (χ2n) is 3.89. The van der Waals surface area contributed by atoms with E-state index in [1.165, 1.54) is 0 Å². The van der Waals surface area contributed by atoms with Crippen molar-refractivity contribution in [2.75, 3.05) is 0 Å². The van der Waals surface area contributed by atoms with E-state index in [9.17, 15) is 14.4 Å². The zero-order chi connectivity index (χ0) is 14.8. The van der Waals surface area contributed by atoms with Gasteiger partial charge < -0.3 is 0 Å². The van der Waals surface area contributed by atoms with Gasteiger partial charge in [0.15, 0.2) is 0 Å². The summed E-state index contributed by atoms with van der Waals surface area (Å²) in [6.07, 6.45) is 0.972. The van der Waals surface area contributed by atoms with Crippen LogP contribution in [0.3, 0.4) is 0 Å². The van der Waals surface area contributed by atoms with Crippen LogP contribution in [0.1, 0.15) is 25.7 Å². The van der Waals surface area contributed by atoms with E-state index < -0.39 is 30.0 Å². The van der Waals surface area contributed by atoms with E-state index >= 15 is 0 Å². The third-order valence-corrected chi connectivity index (χ3v) is 3.15. The van der Waals surface area contributed by atoms with Crippen molar-refractivity contribution in [2.24, 2.45) is 5.73 Å². The number of carbonyl (C=O) groups is 3. The second kappa shape index (κ2) is 9.71. The Morgan fingerprint density at radius 1 is 1.11 bits per heavy atom. The van der Waals surface area contributed by atoms with E-state index in [0.29, 0.717) is 27.5 Å². The van der Waals surface area contributed by atoms with Gasteiger partial charge in [0.25, 0.3) is 0 Å². The maximum absolute atomic E-state index is 10.9. The van der Waals surface area contributed by atoms with Gasteiger partial charge in [-0.05, 0) is 0 Å². The van der Waals surface area contributed by atoms with Crippen molar-refractivity contribution in [3.63, 3.8) is 0 Å². The van der Waals surface area contributed by atoms with Crippen LogP contribution in [0.2, 0.25) is 5.39 Å². The Labute approximate surface area is 116 Å². The zero-order valence-corrected chi connectivity index (χ0v) is 11.1. The van der Waals surface area contributed by atoms with Gasteiger partial charge in [0, 0.05) is 0 Å². The Bertz CT molecular complexity index is 325. The van der Waals surface area contributed by atoms with Crippen LogP contribution in [0.15, 0.2) is 0 Å². The third-order valence-electron chi connectivity index (χ3n) is 2.13. The molecule has 9 heteroatoms. The van der Waals surface area contributed by atoms with Gasteiger partial charge >= 0.3 is 116 Å². The monoisotopic (exact) mass is 320 g/mol. The number of carboxylic acids is 3. The number of hydrogen-bond donors (Lipinski definition) is 5. The van der Waals surface area contributed by atoms with Crippen molar-refractivity contribution < 1.29 is 44.4 Å². The van der Waals surface area contributed by atoms with Gasteiger partial charge in [0.1, 0.15) is 0 Å². The zero-order valence-electron chi connectivity index (χ0n) is 10.2. The quantitative estimate of drug-likeness (QED) is 0.320. The Kier molecular flexibility index (Phi) is 9.11. The summed E-state index contributed by atoms with van der Waals surface area (Å²) in [5.74, 6) is -3.09. The van der Waals surface area contributed by atoms with Gasteiger partial charge in [-0.2, -0.15) is 0 Å². The van der Waals surface area contributed by atoms with Crippen LogP contribution < -0.4 is 10.1 Å². The van der Waals surface area contributed by atoms with Crippen molar-refractivity contribution >= 4 is 17.9 Å². The van der Waals surface area contributed by atoms with E-state index in [1.807, 2.05) is 0 Å². The van der Waals surface area contributed by atoms with Crippen molar-refractivity contribution in [2.45, 2.75) is 43.2 Å². The summed E-state index contributed by atoms with van der Waals surface area (Å²) in [5, 5.41) is 25.6. The molecule has 0 rings (SSSR count). The Morgan fingerprint density at radius 2 is 1.74 bits per heavy atom. The summed E-state index contributed by atoms with van der Waals surface area (Å²) in [6.45, 7) is 0. The van der Waals surface area contributed by atoms with Crippen LogP contribution in [0, 0.1) is 0 Å². The van der Waals surface area contributed by atoms with Crippen LogP contribution in [0.4, 0.5) is 0 Å². The van der Waals surface area contributed by atoms with Gasteiger partial charge in [0.2, 0.25) is 0 Å². The summed E-state index contributed by atoms with van der Waals surface area (Å²) in [6, 6.07) is -1.36. The molecular weight excluding hydrogens is 303 g/mol. The molecule has 114 valence electrons. The third kappa shape index (κ3) is 10.4. The SMILES string of the molecule is NC(CCCC([NH][Ni][CH2]C(=O)O)C(=O)O)CC(=O)O. The number of aliphatic carboxylic acids is 3. The summed E-state index contributed by atoms with van der Waals surface area (Å²) >= 11 is 0.628. The maximum atomic E-state index is 10.9. The molecule has 0 aliphatic rings. The fourth-order valence-corrected chi connectivity index (χ4v) is 2.03. The Hall–Kier alpha value is -1.18. The van der Waals surface area contributed by atoms with Crippen molar-refractivity contribution in [1.29, 1.82) is 0 Å². The molecule has 8 nitrogen and oxygen atoms in total. The molecule has 2 atom stereocenters. The molecule has 0 amide bonds. The first-order valence-electron chi connectivity index (χ1n) is 5.51. The average molecular weight is 321 g/mol. The molecule has 19 heavy (non-hydrogen) atoms. The fourth-order valence-electron chi connectivity index (χ4n) is 1.28. The molecule has 0 radical (unpaired) electrons. The molecule has 0 saturated carbocycles. The molecule has 0 aromatic rings. The topological polar surface area (TPSA) is 150 Å². The first kappa shape index (κ1) is 17.8. The molecule has 0 aliphatic heterocycles. The Balaban J connectivity index is 3.91. The predicted molar refractivity (Wildman–Crippen MR) is 61.1 cm³/mol. The average Bonchev–Trinajstić information content (AvgIpc) is 2.25. The molecule has 0 aromatic heterocycles. The van der Waals surface area contributed by atoms with Crippen LogP contribution in [-0.2, 0) is 29.0 Å². The summed E-state index contributed by atoms with van der Waals surface area (Å²) in [5.41, 5.74) is 5.55. The fraction of sp³-hybridized carbons (Fsp3) is 0.700. The number of nitrogens with one attached hydrogen (secondary N) is 1. The normalized spacial score (nSPS) is 13.9. The van der Waals surface area contributed by atoms with E-state index in [4.69, 9.17) is 21.1 Å². The van der Waals surface area contributed by atoms with Gasteiger partial charge in [0.05, 0.1) is 0 Å². The van der Waals surface area contributed by atoms with E-state index in [2.05, 4.69) is 4.40 Å². The molecule has 0 heterocycles. The number of hydrogen-bond acceptors (Lipinski definition) is 5. The minimum absolute atomic E-state index is 0.153. The van der Waals surface area contributed by atoms with E-state index in [1.54, 1.807) is 0 Å². The number of carboxylic acid groups (broad SMARTS) is 3. The van der Waals surface area contributed by atoms with Gasteiger partial charge in [-0.15, -0.1) is 0 Å². The van der Waals surface area contributed by atoms with E-state index in [0.717, 1.165) is 0 Å². The van der Waals surface area contributed by atoms with Gasteiger partial charge in [-0.1, -0.05) is 0 Å².